The van der Waals surface area contributed by atoms with E-state index in [-0.39, 0.29) is 49.6 Å². The smallest absolute Gasteiger partial charge is 0.335 e. The van der Waals surface area contributed by atoms with Gasteiger partial charge in [-0.25, -0.2) is 18.7 Å². The van der Waals surface area contributed by atoms with Crippen LogP contribution in [0, 0.1) is 13.8 Å². The molecule has 4 aromatic rings. The van der Waals surface area contributed by atoms with Crippen molar-refractivity contribution >= 4 is 27.0 Å². The normalized spacial score (nSPS) is 22.1. The molecule has 0 saturated carbocycles. The Morgan fingerprint density at radius 3 is 1.32 bits per heavy atom. The highest BCUT2D eigenvalue weighted by Crippen LogP contribution is 2.38. The summed E-state index contributed by atoms with van der Waals surface area (Å²) in [5.74, 6) is 0. The Morgan fingerprint density at radius 2 is 1.00 bits per heavy atom. The average molecular weight is 897 g/mol. The Labute approximate surface area is 363 Å². The number of aryl methyl sites for hydroxylation is 2. The standard InChI is InChI=1S/C27H34N2O6Si.C17H30N2O6Si/c1-19-16-28(24-15-22(31)23(17-30)35-24)26(33)29(25(19)32)18-34-36(27(2,3)4,20-11-7-5-8-12-20)21-13-9-6-10-14-21;1-11-8-18(14-7-12(21)13(9-20)25-14)16(23)19(15(11)22)10-24-26(5,6)17(2,3)4/h5-14,16,22-24,30-31H,15,17-18H2,1-4H3;8,12-14,20-21H,7,9-10H2,1-6H3/t22?,23-,24-;12?,13-,14-/m11/s1. The van der Waals surface area contributed by atoms with E-state index in [1.165, 1.54) is 21.5 Å². The molecule has 0 spiro atoms. The zero-order valence-corrected chi connectivity index (χ0v) is 39.5. The summed E-state index contributed by atoms with van der Waals surface area (Å²) in [4.78, 5) is 51.9. The van der Waals surface area contributed by atoms with Crippen LogP contribution in [0.2, 0.25) is 23.2 Å². The highest BCUT2D eigenvalue weighted by Gasteiger charge is 2.50. The van der Waals surface area contributed by atoms with Crippen molar-refractivity contribution in [2.24, 2.45) is 0 Å². The number of aliphatic hydroxyl groups excluding tert-OH is 4. The molecule has 0 aliphatic carbocycles. The molecule has 16 nitrogen and oxygen atoms in total. The van der Waals surface area contributed by atoms with Crippen LogP contribution in [0.4, 0.5) is 0 Å². The molecule has 2 saturated heterocycles. The van der Waals surface area contributed by atoms with E-state index in [9.17, 15) is 39.6 Å². The largest absolute Gasteiger partial charge is 0.399 e. The molecule has 6 rings (SSSR count). The van der Waals surface area contributed by atoms with Crippen molar-refractivity contribution in [2.75, 3.05) is 13.2 Å². The fourth-order valence-electron chi connectivity index (χ4n) is 7.62. The van der Waals surface area contributed by atoms with E-state index in [0.29, 0.717) is 11.1 Å². The summed E-state index contributed by atoms with van der Waals surface area (Å²) in [6.45, 7) is 18.9. The quantitative estimate of drug-likeness (QED) is 0.152. The van der Waals surface area contributed by atoms with Gasteiger partial charge in [0.05, 0.1) is 25.4 Å². The van der Waals surface area contributed by atoms with Crippen LogP contribution in [0.3, 0.4) is 0 Å². The molecule has 2 aromatic carbocycles. The molecule has 4 heterocycles. The lowest BCUT2D eigenvalue weighted by atomic mass is 10.2. The number of hydrogen-bond donors (Lipinski definition) is 4. The molecule has 6 atom stereocenters. The second kappa shape index (κ2) is 19.3. The summed E-state index contributed by atoms with van der Waals surface area (Å²) in [5, 5.41) is 40.5. The predicted octanol–water partition coefficient (Wildman–Crippen LogP) is 2.43. The van der Waals surface area contributed by atoms with Crippen LogP contribution in [-0.2, 0) is 31.8 Å². The van der Waals surface area contributed by atoms with Crippen LogP contribution in [0.1, 0.15) is 78.0 Å². The van der Waals surface area contributed by atoms with Gasteiger partial charge in [-0.05, 0) is 47.4 Å². The summed E-state index contributed by atoms with van der Waals surface area (Å²) in [6, 6.07) is 20.0. The Hall–Kier alpha value is -4.09. The third kappa shape index (κ3) is 9.99. The first kappa shape index (κ1) is 48.9. The number of aliphatic hydroxyl groups is 4. The molecule has 2 aromatic heterocycles. The van der Waals surface area contributed by atoms with E-state index in [1.54, 1.807) is 13.8 Å². The van der Waals surface area contributed by atoms with E-state index in [4.69, 9.17) is 18.3 Å². The van der Waals surface area contributed by atoms with Crippen molar-refractivity contribution in [1.29, 1.82) is 0 Å². The minimum absolute atomic E-state index is 0.0491. The Morgan fingerprint density at radius 1 is 0.629 bits per heavy atom. The fraction of sp³-hybridized carbons (Fsp3) is 0.545. The molecular formula is C44H64N4O12Si2. The third-order valence-electron chi connectivity index (χ3n) is 12.3. The molecular weight excluding hydrogens is 833 g/mol. The van der Waals surface area contributed by atoms with Gasteiger partial charge in [0.25, 0.3) is 19.4 Å². The monoisotopic (exact) mass is 896 g/mol. The van der Waals surface area contributed by atoms with Crippen LogP contribution in [0.5, 0.6) is 0 Å². The maximum Gasteiger partial charge on any atom is 0.335 e. The van der Waals surface area contributed by atoms with Gasteiger partial charge in [0, 0.05) is 36.4 Å². The fourth-order valence-corrected chi connectivity index (χ4v) is 13.0. The van der Waals surface area contributed by atoms with Crippen molar-refractivity contribution < 1.29 is 38.8 Å². The Balaban J connectivity index is 0.000000247. The zero-order valence-electron chi connectivity index (χ0n) is 37.5. The Kier molecular flexibility index (Phi) is 15.3. The summed E-state index contributed by atoms with van der Waals surface area (Å²) in [7, 11) is -5.12. The lowest BCUT2D eigenvalue weighted by Gasteiger charge is -2.43. The molecule has 2 aliphatic rings. The lowest BCUT2D eigenvalue weighted by Crippen LogP contribution is -2.67. The topological polar surface area (TPSA) is 206 Å². The van der Waals surface area contributed by atoms with E-state index >= 15 is 0 Å². The minimum Gasteiger partial charge on any atom is -0.399 e. The number of nitrogens with zero attached hydrogens (tertiary/aromatic N) is 4. The SMILES string of the molecule is Cc1cn([C@H]2CC(O)[C@@H](CO)O2)c(=O)n(CO[Si](C)(C)C(C)(C)C)c1=O.Cc1cn([C@H]2CC(O)[C@@H](CO)O2)c(=O)n(CO[Si](c2ccccc2)(c2ccccc2)C(C)(C)C)c1=O. The summed E-state index contributed by atoms with van der Waals surface area (Å²) in [6.07, 6.45) is -1.61. The van der Waals surface area contributed by atoms with Crippen molar-refractivity contribution in [3.05, 3.63) is 126 Å². The number of rotatable bonds is 12. The summed E-state index contributed by atoms with van der Waals surface area (Å²) >= 11 is 0. The first-order valence-corrected chi connectivity index (χ1v) is 25.7. The van der Waals surface area contributed by atoms with Crippen LogP contribution >= 0.6 is 0 Å². The van der Waals surface area contributed by atoms with Gasteiger partial charge in [0.1, 0.15) is 38.1 Å². The highest BCUT2D eigenvalue weighted by atomic mass is 28.4. The van der Waals surface area contributed by atoms with Crippen LogP contribution < -0.4 is 32.9 Å². The van der Waals surface area contributed by atoms with Gasteiger partial charge in [0.15, 0.2) is 8.32 Å². The molecule has 0 amide bonds. The minimum atomic E-state index is -2.98. The van der Waals surface area contributed by atoms with E-state index in [2.05, 4.69) is 54.6 Å². The molecule has 0 bridgehead atoms. The molecule has 2 unspecified atom stereocenters. The average Bonchev–Trinajstić information content (AvgIpc) is 3.79. The van der Waals surface area contributed by atoms with E-state index < -0.39 is 76.0 Å². The third-order valence-corrected chi connectivity index (χ3v) is 21.7. The van der Waals surface area contributed by atoms with Crippen molar-refractivity contribution in [3.8, 4) is 0 Å². The highest BCUT2D eigenvalue weighted by molar-refractivity contribution is 6.99. The number of benzene rings is 2. The second-order valence-electron chi connectivity index (χ2n) is 18.7. The molecule has 2 fully saturated rings. The molecule has 4 N–H and O–H groups in total. The first-order valence-electron chi connectivity index (χ1n) is 20.9. The van der Waals surface area contributed by atoms with Gasteiger partial charge in [-0.15, -0.1) is 0 Å². The van der Waals surface area contributed by atoms with Crippen molar-refractivity contribution in [3.63, 3.8) is 0 Å². The van der Waals surface area contributed by atoms with Crippen LogP contribution in [0.15, 0.2) is 92.2 Å². The van der Waals surface area contributed by atoms with Crippen molar-refractivity contribution in [2.45, 2.75) is 142 Å². The predicted molar refractivity (Wildman–Crippen MR) is 240 cm³/mol. The van der Waals surface area contributed by atoms with Gasteiger partial charge < -0.3 is 38.8 Å². The lowest BCUT2D eigenvalue weighted by molar-refractivity contribution is -0.0467. The van der Waals surface area contributed by atoms with Gasteiger partial charge >= 0.3 is 11.4 Å². The van der Waals surface area contributed by atoms with Gasteiger partial charge in [-0.3, -0.25) is 18.7 Å². The summed E-state index contributed by atoms with van der Waals surface area (Å²) in [5.41, 5.74) is -1.23. The Bertz CT molecular complexity index is 2350. The zero-order chi connectivity index (χ0) is 45.9. The van der Waals surface area contributed by atoms with E-state index in [0.717, 1.165) is 19.5 Å². The van der Waals surface area contributed by atoms with Gasteiger partial charge in [-0.2, -0.15) is 0 Å². The maximum absolute atomic E-state index is 13.5. The molecule has 18 heteroatoms. The maximum atomic E-state index is 13.5. The van der Waals surface area contributed by atoms with Gasteiger partial charge in [0.2, 0.25) is 0 Å². The van der Waals surface area contributed by atoms with Crippen LogP contribution in [-0.4, -0.2) is 93.0 Å². The van der Waals surface area contributed by atoms with Gasteiger partial charge in [-0.1, -0.05) is 102 Å². The molecule has 0 radical (unpaired) electrons. The van der Waals surface area contributed by atoms with Crippen molar-refractivity contribution in [1.82, 2.24) is 18.3 Å². The van der Waals surface area contributed by atoms with E-state index in [1.807, 2.05) is 60.7 Å². The number of aromatic nitrogens is 4. The second-order valence-corrected chi connectivity index (χ2v) is 27.8. The molecule has 2 aliphatic heterocycles. The molecule has 62 heavy (non-hydrogen) atoms. The van der Waals surface area contributed by atoms with Crippen LogP contribution in [0.25, 0.3) is 0 Å². The summed E-state index contributed by atoms with van der Waals surface area (Å²) < 4.78 is 28.9. The first-order chi connectivity index (χ1) is 29.0. The number of hydrogen-bond acceptors (Lipinski definition) is 12. The molecule has 340 valence electrons. The number of ether oxygens (including phenoxy) is 2.